The van der Waals surface area contributed by atoms with Crippen molar-refractivity contribution >= 4 is 5.97 Å². The molecule has 0 aromatic rings. The van der Waals surface area contributed by atoms with Crippen molar-refractivity contribution in [3.63, 3.8) is 0 Å². The molecule has 0 aromatic heterocycles. The van der Waals surface area contributed by atoms with Gasteiger partial charge in [0.05, 0.1) is 0 Å². The largest absolute Gasteiger partial charge is 0.480 e. The molecule has 0 aliphatic heterocycles. The molecule has 1 unspecified atom stereocenters. The van der Waals surface area contributed by atoms with Crippen molar-refractivity contribution < 1.29 is 9.90 Å². The van der Waals surface area contributed by atoms with Gasteiger partial charge in [0.25, 0.3) is 0 Å². The van der Waals surface area contributed by atoms with Gasteiger partial charge in [-0.05, 0) is 51.9 Å². The number of rotatable bonds is 7. The molecule has 1 atom stereocenters. The van der Waals surface area contributed by atoms with E-state index in [1.807, 2.05) is 6.92 Å². The van der Waals surface area contributed by atoms with Gasteiger partial charge < -0.3 is 5.11 Å². The van der Waals surface area contributed by atoms with Gasteiger partial charge in [-0.1, -0.05) is 13.8 Å². The standard InChI is InChI=1S/C14H27NO2/c1-10(2)8-14(5,13(16)17)15(11(3)4)9-12-6-7-12/h10-12H,6-9H2,1-5H3,(H,16,17). The lowest BCUT2D eigenvalue weighted by molar-refractivity contribution is -0.153. The van der Waals surface area contributed by atoms with Crippen molar-refractivity contribution in [2.24, 2.45) is 11.8 Å². The van der Waals surface area contributed by atoms with E-state index >= 15 is 0 Å². The second-order valence-electron chi connectivity index (χ2n) is 6.37. The molecule has 3 heteroatoms. The molecule has 1 fully saturated rings. The van der Waals surface area contributed by atoms with E-state index in [1.54, 1.807) is 0 Å². The summed E-state index contributed by atoms with van der Waals surface area (Å²) >= 11 is 0. The quantitative estimate of drug-likeness (QED) is 0.745. The Balaban J connectivity index is 2.85. The highest BCUT2D eigenvalue weighted by Crippen LogP contribution is 2.35. The van der Waals surface area contributed by atoms with Crippen LogP contribution in [0.4, 0.5) is 0 Å². The Morgan fingerprint density at radius 3 is 2.18 bits per heavy atom. The lowest BCUT2D eigenvalue weighted by Crippen LogP contribution is -2.56. The molecule has 1 aliphatic carbocycles. The highest BCUT2D eigenvalue weighted by molar-refractivity contribution is 5.78. The number of carbonyl (C=O) groups is 1. The molecule has 17 heavy (non-hydrogen) atoms. The summed E-state index contributed by atoms with van der Waals surface area (Å²) in [5, 5.41) is 9.59. The number of nitrogens with zero attached hydrogens (tertiary/aromatic N) is 1. The second kappa shape index (κ2) is 5.38. The summed E-state index contributed by atoms with van der Waals surface area (Å²) in [6.45, 7) is 11.2. The Labute approximate surface area is 105 Å². The predicted molar refractivity (Wildman–Crippen MR) is 70.1 cm³/mol. The zero-order chi connectivity index (χ0) is 13.2. The monoisotopic (exact) mass is 241 g/mol. The van der Waals surface area contributed by atoms with E-state index in [0.717, 1.165) is 12.5 Å². The maximum atomic E-state index is 11.7. The van der Waals surface area contributed by atoms with Crippen molar-refractivity contribution in [1.29, 1.82) is 0 Å². The average Bonchev–Trinajstić information content (AvgIpc) is 2.95. The minimum absolute atomic E-state index is 0.287. The van der Waals surface area contributed by atoms with E-state index in [-0.39, 0.29) is 6.04 Å². The van der Waals surface area contributed by atoms with Crippen LogP contribution >= 0.6 is 0 Å². The number of hydrogen-bond acceptors (Lipinski definition) is 2. The minimum Gasteiger partial charge on any atom is -0.480 e. The van der Waals surface area contributed by atoms with Crippen LogP contribution in [-0.2, 0) is 4.79 Å². The molecule has 1 saturated carbocycles. The molecule has 0 spiro atoms. The van der Waals surface area contributed by atoms with E-state index < -0.39 is 11.5 Å². The Morgan fingerprint density at radius 1 is 1.35 bits per heavy atom. The average molecular weight is 241 g/mol. The Bertz CT molecular complexity index is 271. The van der Waals surface area contributed by atoms with E-state index in [9.17, 15) is 9.90 Å². The van der Waals surface area contributed by atoms with Gasteiger partial charge in [0.15, 0.2) is 0 Å². The number of carboxylic acids is 1. The van der Waals surface area contributed by atoms with Crippen molar-refractivity contribution in [3.05, 3.63) is 0 Å². The Morgan fingerprint density at radius 2 is 1.88 bits per heavy atom. The normalized spacial score (nSPS) is 20.0. The van der Waals surface area contributed by atoms with E-state index in [4.69, 9.17) is 0 Å². The second-order valence-corrected chi connectivity index (χ2v) is 6.37. The molecule has 1 N–H and O–H groups in total. The van der Waals surface area contributed by atoms with Gasteiger partial charge in [-0.2, -0.15) is 0 Å². The SMILES string of the molecule is CC(C)CC(C)(C(=O)O)N(CC1CC1)C(C)C. The maximum Gasteiger partial charge on any atom is 0.323 e. The van der Waals surface area contributed by atoms with Crippen LogP contribution in [0.1, 0.15) is 53.9 Å². The zero-order valence-electron chi connectivity index (χ0n) is 11.9. The maximum absolute atomic E-state index is 11.7. The van der Waals surface area contributed by atoms with Gasteiger partial charge in [-0.3, -0.25) is 9.69 Å². The summed E-state index contributed by atoms with van der Waals surface area (Å²) in [5.41, 5.74) is -0.717. The lowest BCUT2D eigenvalue weighted by Gasteiger charge is -2.42. The first-order chi connectivity index (χ1) is 7.77. The fraction of sp³-hybridized carbons (Fsp3) is 0.929. The van der Waals surface area contributed by atoms with Gasteiger partial charge in [0, 0.05) is 12.6 Å². The minimum atomic E-state index is -0.717. The summed E-state index contributed by atoms with van der Waals surface area (Å²) in [4.78, 5) is 13.9. The Kier molecular flexibility index (Phi) is 4.59. The molecule has 0 saturated heterocycles. The van der Waals surface area contributed by atoms with E-state index in [2.05, 4.69) is 32.6 Å². The van der Waals surface area contributed by atoms with Crippen LogP contribution in [0.3, 0.4) is 0 Å². The summed E-state index contributed by atoms with van der Waals surface area (Å²) in [6, 6.07) is 0.287. The third-order valence-electron chi connectivity index (χ3n) is 3.68. The van der Waals surface area contributed by atoms with Gasteiger partial charge in [-0.25, -0.2) is 0 Å². The molecule has 0 aromatic carbocycles. The number of aliphatic carboxylic acids is 1. The van der Waals surface area contributed by atoms with Crippen LogP contribution in [0.25, 0.3) is 0 Å². The molecule has 3 nitrogen and oxygen atoms in total. The van der Waals surface area contributed by atoms with Gasteiger partial charge in [-0.15, -0.1) is 0 Å². The summed E-state index contributed by atoms with van der Waals surface area (Å²) in [6.07, 6.45) is 3.24. The van der Waals surface area contributed by atoms with Crippen LogP contribution < -0.4 is 0 Å². The fourth-order valence-corrected chi connectivity index (χ4v) is 2.68. The first-order valence-electron chi connectivity index (χ1n) is 6.77. The van der Waals surface area contributed by atoms with Crippen LogP contribution in [0.2, 0.25) is 0 Å². The molecule has 0 bridgehead atoms. The van der Waals surface area contributed by atoms with Crippen molar-refractivity contribution in [1.82, 2.24) is 4.90 Å². The molecule has 1 rings (SSSR count). The molecule has 100 valence electrons. The molecular weight excluding hydrogens is 214 g/mol. The topological polar surface area (TPSA) is 40.5 Å². The molecule has 1 aliphatic rings. The van der Waals surface area contributed by atoms with Crippen molar-refractivity contribution in [3.8, 4) is 0 Å². The fourth-order valence-electron chi connectivity index (χ4n) is 2.68. The summed E-state index contributed by atoms with van der Waals surface area (Å²) in [5.74, 6) is 0.445. The zero-order valence-corrected chi connectivity index (χ0v) is 11.9. The third-order valence-corrected chi connectivity index (χ3v) is 3.68. The van der Waals surface area contributed by atoms with E-state index in [1.165, 1.54) is 12.8 Å². The Hall–Kier alpha value is -0.570. The van der Waals surface area contributed by atoms with Crippen LogP contribution in [0.5, 0.6) is 0 Å². The molecule has 0 radical (unpaired) electrons. The molecule has 0 heterocycles. The highest BCUT2D eigenvalue weighted by atomic mass is 16.4. The van der Waals surface area contributed by atoms with Crippen LogP contribution in [0.15, 0.2) is 0 Å². The summed E-state index contributed by atoms with van der Waals surface area (Å²) < 4.78 is 0. The number of carboxylic acid groups (broad SMARTS) is 1. The highest BCUT2D eigenvalue weighted by Gasteiger charge is 2.43. The van der Waals surface area contributed by atoms with Crippen LogP contribution in [0, 0.1) is 11.8 Å². The van der Waals surface area contributed by atoms with Gasteiger partial charge in [0.2, 0.25) is 0 Å². The van der Waals surface area contributed by atoms with E-state index in [0.29, 0.717) is 12.3 Å². The lowest BCUT2D eigenvalue weighted by atomic mass is 9.87. The smallest absolute Gasteiger partial charge is 0.323 e. The van der Waals surface area contributed by atoms with Crippen molar-refractivity contribution in [2.75, 3.05) is 6.54 Å². The van der Waals surface area contributed by atoms with Crippen molar-refractivity contribution in [2.45, 2.75) is 65.5 Å². The van der Waals surface area contributed by atoms with Crippen LogP contribution in [-0.4, -0.2) is 34.1 Å². The first-order valence-corrected chi connectivity index (χ1v) is 6.77. The predicted octanol–water partition coefficient (Wildman–Crippen LogP) is 3.00. The molecule has 0 amide bonds. The number of hydrogen-bond donors (Lipinski definition) is 1. The van der Waals surface area contributed by atoms with Gasteiger partial charge >= 0.3 is 5.97 Å². The van der Waals surface area contributed by atoms with Gasteiger partial charge in [0.1, 0.15) is 5.54 Å². The third kappa shape index (κ3) is 3.70. The summed E-state index contributed by atoms with van der Waals surface area (Å²) in [7, 11) is 0. The molecular formula is C14H27NO2. The first kappa shape index (κ1) is 14.5.